The molecule has 0 fully saturated rings. The zero-order chi connectivity index (χ0) is 21.7. The van der Waals surface area contributed by atoms with Crippen molar-refractivity contribution in [2.45, 2.75) is 52.2 Å². The Bertz CT molecular complexity index is 1190. The normalized spacial score (nSPS) is 15.8. The van der Waals surface area contributed by atoms with Crippen LogP contribution in [0.25, 0.3) is 0 Å². The molecule has 0 saturated heterocycles. The molecule has 9 heteroatoms. The third-order valence-corrected chi connectivity index (χ3v) is 6.87. The molecule has 31 heavy (non-hydrogen) atoms. The number of benzene rings is 1. The molecule has 2 aromatic heterocycles. The Morgan fingerprint density at radius 3 is 2.97 bits per heavy atom. The SMILES string of the molecule is CCc1cc2c(c(C)c1F)CN(C(C(=O)Nc1nccs1)c1ncn3c1CCC3)C2=O. The number of fused-ring (bicyclic) bond motifs is 2. The van der Waals surface area contributed by atoms with E-state index in [1.165, 1.54) is 16.2 Å². The van der Waals surface area contributed by atoms with Gasteiger partial charge in [0.15, 0.2) is 11.2 Å². The van der Waals surface area contributed by atoms with Crippen LogP contribution in [0.4, 0.5) is 9.52 Å². The van der Waals surface area contributed by atoms with Crippen LogP contribution in [0.3, 0.4) is 0 Å². The molecule has 7 nitrogen and oxygen atoms in total. The van der Waals surface area contributed by atoms with Crippen molar-refractivity contribution in [2.24, 2.45) is 0 Å². The number of hydrogen-bond acceptors (Lipinski definition) is 5. The molecule has 0 spiro atoms. The Balaban J connectivity index is 1.57. The molecule has 1 unspecified atom stereocenters. The standard InChI is InChI=1S/C22H22FN5O2S/c1-3-13-9-14-15(12(2)17(13)23)10-28(21(14)30)19(20(29)26-22-24-6-8-31-22)18-16-5-4-7-27(16)11-25-18/h6,8-9,11,19H,3-5,7,10H2,1-2H3,(H,24,26,29). The zero-order valence-electron chi connectivity index (χ0n) is 17.3. The zero-order valence-corrected chi connectivity index (χ0v) is 18.1. The van der Waals surface area contributed by atoms with Crippen LogP contribution in [0.15, 0.2) is 24.0 Å². The van der Waals surface area contributed by atoms with Crippen LogP contribution in [0, 0.1) is 12.7 Å². The van der Waals surface area contributed by atoms with Gasteiger partial charge in [-0.25, -0.2) is 14.4 Å². The number of nitrogens with one attached hydrogen (secondary N) is 1. The maximum absolute atomic E-state index is 14.7. The fourth-order valence-electron chi connectivity index (χ4n) is 4.56. The van der Waals surface area contributed by atoms with Gasteiger partial charge in [-0.2, -0.15) is 0 Å². The highest BCUT2D eigenvalue weighted by Gasteiger charge is 2.42. The van der Waals surface area contributed by atoms with Crippen molar-refractivity contribution in [3.8, 4) is 0 Å². The van der Waals surface area contributed by atoms with Crippen LogP contribution in [0.5, 0.6) is 0 Å². The number of anilines is 1. The summed E-state index contributed by atoms with van der Waals surface area (Å²) in [6, 6.07) is 0.721. The fourth-order valence-corrected chi connectivity index (χ4v) is 5.09. The minimum absolute atomic E-state index is 0.170. The van der Waals surface area contributed by atoms with E-state index >= 15 is 0 Å². The Morgan fingerprint density at radius 1 is 1.39 bits per heavy atom. The van der Waals surface area contributed by atoms with E-state index in [0.29, 0.717) is 39.5 Å². The molecule has 1 N–H and O–H groups in total. The Labute approximate surface area is 182 Å². The first-order chi connectivity index (χ1) is 15.0. The number of halogens is 1. The third-order valence-electron chi connectivity index (χ3n) is 6.18. The molecule has 0 bridgehead atoms. The van der Waals surface area contributed by atoms with Gasteiger partial charge in [-0.3, -0.25) is 14.9 Å². The second kappa shape index (κ2) is 7.56. The van der Waals surface area contributed by atoms with Gasteiger partial charge in [0.05, 0.1) is 12.0 Å². The van der Waals surface area contributed by atoms with E-state index in [-0.39, 0.29) is 24.2 Å². The van der Waals surface area contributed by atoms with Crippen molar-refractivity contribution in [3.63, 3.8) is 0 Å². The van der Waals surface area contributed by atoms with Crippen molar-refractivity contribution < 1.29 is 14.0 Å². The van der Waals surface area contributed by atoms with E-state index in [0.717, 1.165) is 25.1 Å². The summed E-state index contributed by atoms with van der Waals surface area (Å²) in [5, 5.41) is 5.06. The predicted molar refractivity (Wildman–Crippen MR) is 114 cm³/mol. The highest BCUT2D eigenvalue weighted by Crippen LogP contribution is 2.37. The van der Waals surface area contributed by atoms with Gasteiger partial charge in [0.25, 0.3) is 11.8 Å². The van der Waals surface area contributed by atoms with Gasteiger partial charge in [-0.1, -0.05) is 6.92 Å². The number of imidazole rings is 1. The highest BCUT2D eigenvalue weighted by atomic mass is 32.1. The Kier molecular flexibility index (Phi) is 4.85. The van der Waals surface area contributed by atoms with E-state index in [1.807, 2.05) is 11.5 Å². The van der Waals surface area contributed by atoms with Gasteiger partial charge < -0.3 is 9.47 Å². The lowest BCUT2D eigenvalue weighted by Crippen LogP contribution is -2.38. The van der Waals surface area contributed by atoms with Crippen molar-refractivity contribution in [1.29, 1.82) is 0 Å². The molecule has 0 radical (unpaired) electrons. The highest BCUT2D eigenvalue weighted by molar-refractivity contribution is 7.13. The molecule has 0 saturated carbocycles. The first-order valence-electron chi connectivity index (χ1n) is 10.4. The van der Waals surface area contributed by atoms with Crippen LogP contribution in [-0.4, -0.2) is 31.2 Å². The van der Waals surface area contributed by atoms with Crippen LogP contribution in [-0.2, 0) is 30.7 Å². The fraction of sp³-hybridized carbons (Fsp3) is 0.364. The largest absolute Gasteiger partial charge is 0.334 e. The van der Waals surface area contributed by atoms with E-state index in [2.05, 4.69) is 15.3 Å². The van der Waals surface area contributed by atoms with Crippen LogP contribution < -0.4 is 5.32 Å². The summed E-state index contributed by atoms with van der Waals surface area (Å²) in [6.07, 6.45) is 5.62. The summed E-state index contributed by atoms with van der Waals surface area (Å²) >= 11 is 1.31. The number of hydrogen-bond donors (Lipinski definition) is 1. The van der Waals surface area contributed by atoms with Crippen molar-refractivity contribution in [1.82, 2.24) is 19.4 Å². The summed E-state index contributed by atoms with van der Waals surface area (Å²) in [4.78, 5) is 37.0. The molecule has 2 amide bonds. The number of thiazole rings is 1. The van der Waals surface area contributed by atoms with Gasteiger partial charge in [-0.15, -0.1) is 11.3 Å². The molecule has 5 rings (SSSR count). The monoisotopic (exact) mass is 439 g/mol. The van der Waals surface area contributed by atoms with E-state index < -0.39 is 6.04 Å². The van der Waals surface area contributed by atoms with E-state index in [9.17, 15) is 14.0 Å². The van der Waals surface area contributed by atoms with Crippen molar-refractivity contribution in [3.05, 3.63) is 63.4 Å². The van der Waals surface area contributed by atoms with E-state index in [1.54, 1.807) is 30.9 Å². The smallest absolute Gasteiger partial charge is 0.255 e. The summed E-state index contributed by atoms with van der Waals surface area (Å²) in [6.45, 7) is 4.58. The minimum Gasteiger partial charge on any atom is -0.334 e. The molecular formula is C22H22FN5O2S. The van der Waals surface area contributed by atoms with Crippen LogP contribution >= 0.6 is 11.3 Å². The molecule has 160 valence electrons. The number of amides is 2. The number of aryl methyl sites for hydroxylation is 2. The summed E-state index contributed by atoms with van der Waals surface area (Å²) in [7, 11) is 0. The molecule has 3 aromatic rings. The number of nitrogens with zero attached hydrogens (tertiary/aromatic N) is 4. The molecule has 1 atom stereocenters. The maximum Gasteiger partial charge on any atom is 0.255 e. The molecule has 0 aliphatic carbocycles. The van der Waals surface area contributed by atoms with Gasteiger partial charge in [0, 0.05) is 35.9 Å². The minimum atomic E-state index is -0.911. The first-order valence-corrected chi connectivity index (χ1v) is 11.2. The van der Waals surface area contributed by atoms with Crippen LogP contribution in [0.2, 0.25) is 0 Å². The van der Waals surface area contributed by atoms with Gasteiger partial charge in [0.1, 0.15) is 5.82 Å². The first kappa shape index (κ1) is 19.9. The predicted octanol–water partition coefficient (Wildman–Crippen LogP) is 3.63. The second-order valence-electron chi connectivity index (χ2n) is 7.89. The maximum atomic E-state index is 14.7. The Hall–Kier alpha value is -3.07. The number of rotatable bonds is 5. The Morgan fingerprint density at radius 2 is 2.23 bits per heavy atom. The van der Waals surface area contributed by atoms with Crippen molar-refractivity contribution >= 4 is 28.3 Å². The van der Waals surface area contributed by atoms with Crippen LogP contribution in [0.1, 0.15) is 57.8 Å². The lowest BCUT2D eigenvalue weighted by Gasteiger charge is -2.26. The van der Waals surface area contributed by atoms with Gasteiger partial charge in [-0.05, 0) is 48.9 Å². The second-order valence-corrected chi connectivity index (χ2v) is 8.78. The third kappa shape index (κ3) is 3.15. The molecule has 4 heterocycles. The summed E-state index contributed by atoms with van der Waals surface area (Å²) in [5.74, 6) is -0.909. The number of carbonyl (C=O) groups is 2. The van der Waals surface area contributed by atoms with Crippen molar-refractivity contribution in [2.75, 3.05) is 5.32 Å². The molecular weight excluding hydrogens is 417 g/mol. The molecule has 2 aliphatic heterocycles. The quantitative estimate of drug-likeness (QED) is 0.658. The molecule has 1 aromatic carbocycles. The lowest BCUT2D eigenvalue weighted by atomic mass is 9.98. The van der Waals surface area contributed by atoms with Gasteiger partial charge in [0.2, 0.25) is 0 Å². The average Bonchev–Trinajstić information content (AvgIpc) is 3.53. The summed E-state index contributed by atoms with van der Waals surface area (Å²) < 4.78 is 16.8. The topological polar surface area (TPSA) is 80.1 Å². The number of aromatic nitrogens is 3. The number of carbonyl (C=O) groups excluding carboxylic acids is 2. The lowest BCUT2D eigenvalue weighted by molar-refractivity contribution is -0.121. The van der Waals surface area contributed by atoms with E-state index in [4.69, 9.17) is 0 Å². The molecule has 2 aliphatic rings. The summed E-state index contributed by atoms with van der Waals surface area (Å²) in [5.41, 5.74) is 3.65. The van der Waals surface area contributed by atoms with Gasteiger partial charge >= 0.3 is 0 Å². The average molecular weight is 440 g/mol.